The zero-order valence-electron chi connectivity index (χ0n) is 19.1. The number of fused-ring (bicyclic) bond motifs is 5. The summed E-state index contributed by atoms with van der Waals surface area (Å²) in [4.78, 5) is 39.7. The molecule has 0 unspecified atom stereocenters. The highest BCUT2D eigenvalue weighted by molar-refractivity contribution is 5.88. The monoisotopic (exact) mass is 481 g/mol. The second kappa shape index (κ2) is 7.58. The number of esters is 1. The third-order valence-electron chi connectivity index (χ3n) is 7.65. The number of benzene rings is 1. The summed E-state index contributed by atoms with van der Waals surface area (Å²) in [6.07, 6.45) is 0.773. The third kappa shape index (κ3) is 2.87. The Labute approximate surface area is 198 Å². The van der Waals surface area contributed by atoms with Gasteiger partial charge in [-0.2, -0.15) is 0 Å². The zero-order valence-corrected chi connectivity index (χ0v) is 19.1. The van der Waals surface area contributed by atoms with Crippen LogP contribution in [0.4, 0.5) is 4.39 Å². The zero-order chi connectivity index (χ0) is 24.6. The van der Waals surface area contributed by atoms with E-state index in [0.717, 1.165) is 19.0 Å². The molecule has 9 nitrogen and oxygen atoms in total. The molecule has 5 heterocycles. The number of aliphatic hydroxyl groups excluding tert-OH is 1. The maximum absolute atomic E-state index is 14.7. The van der Waals surface area contributed by atoms with Crippen molar-refractivity contribution in [3.05, 3.63) is 67.0 Å². The van der Waals surface area contributed by atoms with Gasteiger partial charge in [-0.05, 0) is 37.6 Å². The van der Waals surface area contributed by atoms with Gasteiger partial charge in [-0.1, -0.05) is 6.92 Å². The summed E-state index contributed by atoms with van der Waals surface area (Å²) in [7, 11) is 0. The van der Waals surface area contributed by atoms with Crippen LogP contribution >= 0.6 is 0 Å². The largest absolute Gasteiger partial charge is 0.458 e. The lowest BCUT2D eigenvalue weighted by molar-refractivity contribution is -0.172. The van der Waals surface area contributed by atoms with Gasteiger partial charge in [0.15, 0.2) is 11.0 Å². The molecule has 2 aromatic heterocycles. The molecular weight excluding hydrogens is 457 g/mol. The van der Waals surface area contributed by atoms with Crippen molar-refractivity contribution in [3.63, 3.8) is 0 Å². The smallest absolute Gasteiger partial charge is 0.343 e. The second-order valence-corrected chi connectivity index (χ2v) is 9.39. The first-order valence-electron chi connectivity index (χ1n) is 11.7. The van der Waals surface area contributed by atoms with E-state index in [1.807, 2.05) is 4.57 Å². The van der Waals surface area contributed by atoms with E-state index in [1.54, 1.807) is 6.92 Å². The summed E-state index contributed by atoms with van der Waals surface area (Å²) in [6, 6.07) is 4.14. The fourth-order valence-corrected chi connectivity index (χ4v) is 5.75. The first kappa shape index (κ1) is 22.1. The molecule has 3 aromatic rings. The summed E-state index contributed by atoms with van der Waals surface area (Å²) < 4.78 is 23.2. The molecule has 0 aliphatic carbocycles. The van der Waals surface area contributed by atoms with Crippen LogP contribution in [0.3, 0.4) is 0 Å². The van der Waals surface area contributed by atoms with Crippen LogP contribution < -0.4 is 16.3 Å². The van der Waals surface area contributed by atoms with Gasteiger partial charge in [-0.3, -0.25) is 9.59 Å². The first-order chi connectivity index (χ1) is 16.8. The molecule has 2 atom stereocenters. The van der Waals surface area contributed by atoms with Crippen LogP contribution in [0.2, 0.25) is 0 Å². The van der Waals surface area contributed by atoms with Gasteiger partial charge in [-0.25, -0.2) is 9.18 Å². The number of aromatic nitrogens is 2. The maximum Gasteiger partial charge on any atom is 0.343 e. The van der Waals surface area contributed by atoms with Crippen molar-refractivity contribution >= 4 is 16.9 Å². The molecule has 1 fully saturated rings. The average Bonchev–Trinajstić information content (AvgIpc) is 3.51. The van der Waals surface area contributed by atoms with E-state index in [0.29, 0.717) is 23.4 Å². The number of rotatable bonds is 3. The number of pyridine rings is 2. The lowest BCUT2D eigenvalue weighted by Gasteiger charge is -2.31. The Balaban J connectivity index is 1.71. The number of hydrogen-bond acceptors (Lipinski definition) is 7. The Morgan fingerprint density at radius 1 is 1.26 bits per heavy atom. The summed E-state index contributed by atoms with van der Waals surface area (Å²) in [6.45, 7) is 2.37. The maximum atomic E-state index is 14.7. The molecule has 0 bridgehead atoms. The van der Waals surface area contributed by atoms with Gasteiger partial charge >= 0.3 is 5.97 Å². The SMILES string of the molecule is CC[C@@]1(O)C(=O)OCc2c1cc1n(c2=O)Cc2c-1c(=O)c1cc(F)c(CO)cc1n2[C@@H]1CCNC1. The van der Waals surface area contributed by atoms with Crippen LogP contribution in [0.15, 0.2) is 27.8 Å². The molecular formula is C25H24FN3O6. The van der Waals surface area contributed by atoms with Crippen molar-refractivity contribution in [2.45, 2.75) is 51.2 Å². The van der Waals surface area contributed by atoms with Gasteiger partial charge in [0.25, 0.3) is 5.56 Å². The number of cyclic esters (lactones) is 1. The quantitative estimate of drug-likeness (QED) is 0.373. The fraction of sp³-hybridized carbons (Fsp3) is 0.400. The summed E-state index contributed by atoms with van der Waals surface area (Å²) in [5.41, 5.74) is -0.774. The third-order valence-corrected chi connectivity index (χ3v) is 7.65. The molecule has 10 heteroatoms. The van der Waals surface area contributed by atoms with Crippen LogP contribution in [-0.4, -0.2) is 38.4 Å². The molecule has 1 saturated heterocycles. The molecule has 1 aromatic carbocycles. The number of carbonyl (C=O) groups excluding carboxylic acids is 1. The second-order valence-electron chi connectivity index (χ2n) is 9.39. The Bertz CT molecular complexity index is 1550. The highest BCUT2D eigenvalue weighted by Crippen LogP contribution is 2.39. The van der Waals surface area contributed by atoms with Gasteiger partial charge in [-0.15, -0.1) is 0 Å². The summed E-state index contributed by atoms with van der Waals surface area (Å²) in [5, 5.41) is 24.2. The minimum absolute atomic E-state index is 0.000568. The highest BCUT2D eigenvalue weighted by Gasteiger charge is 2.45. The standard InChI is InChI=1S/C25H24FN3O6/c1-2-25(34)16-7-19-21-20(9-28(19)23(32)15(16)11-35-24(25)33)29(13-3-4-27-8-13)18-5-12(10-30)17(26)6-14(18)22(21)31/h5-7,13,27,30,34H,2-4,8-11H2,1H3/t13-,25+/m1/s1. The Kier molecular flexibility index (Phi) is 4.79. The fourth-order valence-electron chi connectivity index (χ4n) is 5.75. The van der Waals surface area contributed by atoms with E-state index >= 15 is 0 Å². The van der Waals surface area contributed by atoms with Crippen molar-refractivity contribution in [3.8, 4) is 11.3 Å². The van der Waals surface area contributed by atoms with Gasteiger partial charge in [0, 0.05) is 29.1 Å². The molecule has 0 amide bonds. The summed E-state index contributed by atoms with van der Waals surface area (Å²) >= 11 is 0. The molecule has 3 N–H and O–H groups in total. The molecule has 3 aliphatic rings. The predicted molar refractivity (Wildman–Crippen MR) is 123 cm³/mol. The molecule has 182 valence electrons. The lowest BCUT2D eigenvalue weighted by Crippen LogP contribution is -2.44. The van der Waals surface area contributed by atoms with Crippen molar-refractivity contribution in [1.29, 1.82) is 0 Å². The normalized spacial score (nSPS) is 22.7. The topological polar surface area (TPSA) is 123 Å². The number of halogens is 1. The molecule has 35 heavy (non-hydrogen) atoms. The van der Waals surface area contributed by atoms with E-state index in [1.165, 1.54) is 16.7 Å². The van der Waals surface area contributed by atoms with Crippen LogP contribution in [0, 0.1) is 5.82 Å². The van der Waals surface area contributed by atoms with E-state index in [4.69, 9.17) is 4.74 Å². The van der Waals surface area contributed by atoms with Crippen LogP contribution in [-0.2, 0) is 34.9 Å². The minimum atomic E-state index is -1.99. The van der Waals surface area contributed by atoms with Gasteiger partial charge in [0.05, 0.1) is 41.2 Å². The Morgan fingerprint density at radius 2 is 2.06 bits per heavy atom. The van der Waals surface area contributed by atoms with E-state index in [-0.39, 0.29) is 53.3 Å². The molecule has 6 rings (SSSR count). The minimum Gasteiger partial charge on any atom is -0.458 e. The van der Waals surface area contributed by atoms with E-state index in [2.05, 4.69) is 5.32 Å². The molecule has 0 spiro atoms. The van der Waals surface area contributed by atoms with Gasteiger partial charge in [0.1, 0.15) is 12.4 Å². The number of nitrogens with zero attached hydrogens (tertiary/aromatic N) is 2. The van der Waals surface area contributed by atoms with Crippen LogP contribution in [0.25, 0.3) is 22.2 Å². The van der Waals surface area contributed by atoms with Gasteiger partial charge < -0.3 is 29.4 Å². The van der Waals surface area contributed by atoms with Crippen molar-refractivity contribution in [2.75, 3.05) is 13.1 Å². The average molecular weight is 481 g/mol. The van der Waals surface area contributed by atoms with E-state index in [9.17, 15) is 29.0 Å². The first-order valence-corrected chi connectivity index (χ1v) is 11.7. The number of hydrogen-bond donors (Lipinski definition) is 3. The highest BCUT2D eigenvalue weighted by atomic mass is 19.1. The predicted octanol–water partition coefficient (Wildman–Crippen LogP) is 1.01. The van der Waals surface area contributed by atoms with E-state index < -0.39 is 35.0 Å². The van der Waals surface area contributed by atoms with Crippen molar-refractivity contribution in [1.82, 2.24) is 14.5 Å². The van der Waals surface area contributed by atoms with Gasteiger partial charge in [0.2, 0.25) is 0 Å². The molecule has 3 aliphatic heterocycles. The Hall–Kier alpha value is -3.34. The lowest BCUT2D eigenvalue weighted by atomic mass is 9.85. The molecule has 0 radical (unpaired) electrons. The van der Waals surface area contributed by atoms with Crippen LogP contribution in [0.1, 0.15) is 48.2 Å². The van der Waals surface area contributed by atoms with Crippen molar-refractivity contribution in [2.24, 2.45) is 0 Å². The Morgan fingerprint density at radius 3 is 2.74 bits per heavy atom. The molecule has 0 saturated carbocycles. The summed E-state index contributed by atoms with van der Waals surface area (Å²) in [5.74, 6) is -1.52. The number of ether oxygens (including phenoxy) is 1. The van der Waals surface area contributed by atoms with Crippen molar-refractivity contribution < 1.29 is 24.1 Å². The number of aliphatic hydroxyl groups is 2. The number of nitrogens with one attached hydrogen (secondary N) is 1. The van der Waals surface area contributed by atoms with Crippen LogP contribution in [0.5, 0.6) is 0 Å². The number of carbonyl (C=O) groups is 1.